The monoisotopic (exact) mass is 402 g/mol. The van der Waals surface area contributed by atoms with E-state index < -0.39 is 30.1 Å². The fraction of sp³-hybridized carbons (Fsp3) is 0.150. The third-order valence-electron chi connectivity index (χ3n) is 4.11. The number of carbonyl (C=O) groups is 2. The molecule has 9 heteroatoms. The minimum Gasteiger partial charge on any atom is -0.331 e. The number of nitrogens with zero attached hydrogens (tertiary/aromatic N) is 2. The molecule has 3 rings (SSSR count). The van der Waals surface area contributed by atoms with Gasteiger partial charge < -0.3 is 10.2 Å². The van der Waals surface area contributed by atoms with E-state index in [0.717, 1.165) is 22.6 Å². The fourth-order valence-electron chi connectivity index (χ4n) is 2.71. The van der Waals surface area contributed by atoms with Crippen LogP contribution in [0, 0.1) is 0 Å². The molecular weight excluding hydrogens is 385 g/mol. The average molecular weight is 402 g/mol. The molecule has 0 bridgehead atoms. The number of aromatic nitrogens is 2. The number of alkyl halides is 3. The normalized spacial score (nSPS) is 11.2. The lowest BCUT2D eigenvalue weighted by Gasteiger charge is -2.17. The molecule has 2 aromatic carbocycles. The summed E-state index contributed by atoms with van der Waals surface area (Å²) in [5.74, 6) is -1.26. The number of halogens is 3. The molecular formula is C20H17F3N4O2. The molecule has 2 N–H and O–H groups in total. The number of amides is 2. The standard InChI is InChI=1S/C20H17F3N4O2/c1-27(12-18(28)24-15-10-6-5-9-14(15)20(21,22)23)19(29)17-11-16(25-26-17)13-7-3-2-4-8-13/h2-11H,12H2,1H3,(H,24,28)(H,25,26). The predicted octanol–water partition coefficient (Wildman–Crippen LogP) is 3.81. The lowest BCUT2D eigenvalue weighted by atomic mass is 10.1. The van der Waals surface area contributed by atoms with Crippen LogP contribution in [0.5, 0.6) is 0 Å². The molecule has 0 fully saturated rings. The number of para-hydroxylation sites is 1. The molecule has 1 aromatic heterocycles. The maximum absolute atomic E-state index is 13.0. The number of likely N-dealkylation sites (N-methyl/N-ethyl adjacent to an activating group) is 1. The second-order valence-electron chi connectivity index (χ2n) is 6.29. The zero-order valence-corrected chi connectivity index (χ0v) is 15.3. The van der Waals surface area contributed by atoms with Gasteiger partial charge in [0.2, 0.25) is 5.91 Å². The Labute approximate surface area is 164 Å². The number of carbonyl (C=O) groups excluding carboxylic acids is 2. The Hall–Kier alpha value is -3.62. The summed E-state index contributed by atoms with van der Waals surface area (Å²) in [6.07, 6.45) is -4.60. The summed E-state index contributed by atoms with van der Waals surface area (Å²) in [4.78, 5) is 25.8. The van der Waals surface area contributed by atoms with Crippen LogP contribution in [-0.4, -0.2) is 40.5 Å². The largest absolute Gasteiger partial charge is 0.418 e. The number of anilines is 1. The van der Waals surface area contributed by atoms with E-state index >= 15 is 0 Å². The SMILES string of the molecule is CN(CC(=O)Nc1ccccc1C(F)(F)F)C(=O)c1cc(-c2ccccc2)n[nH]1. The van der Waals surface area contributed by atoms with Crippen molar-refractivity contribution in [3.63, 3.8) is 0 Å². The molecule has 0 spiro atoms. The van der Waals surface area contributed by atoms with Crippen molar-refractivity contribution in [3.8, 4) is 11.3 Å². The zero-order chi connectivity index (χ0) is 21.0. The van der Waals surface area contributed by atoms with Crippen molar-refractivity contribution in [2.24, 2.45) is 0 Å². The second-order valence-corrected chi connectivity index (χ2v) is 6.29. The first-order chi connectivity index (χ1) is 13.8. The van der Waals surface area contributed by atoms with Gasteiger partial charge in [-0.25, -0.2) is 0 Å². The maximum atomic E-state index is 13.0. The summed E-state index contributed by atoms with van der Waals surface area (Å²) in [5.41, 5.74) is 0.217. The van der Waals surface area contributed by atoms with Crippen molar-refractivity contribution < 1.29 is 22.8 Å². The number of H-pyrrole nitrogens is 1. The van der Waals surface area contributed by atoms with E-state index in [9.17, 15) is 22.8 Å². The molecule has 0 aliphatic carbocycles. The summed E-state index contributed by atoms with van der Waals surface area (Å²) in [5, 5.41) is 8.90. The third-order valence-corrected chi connectivity index (χ3v) is 4.11. The van der Waals surface area contributed by atoms with Crippen LogP contribution in [0.3, 0.4) is 0 Å². The first-order valence-electron chi connectivity index (χ1n) is 8.58. The van der Waals surface area contributed by atoms with E-state index in [2.05, 4.69) is 15.5 Å². The van der Waals surface area contributed by atoms with Gasteiger partial charge in [-0.2, -0.15) is 18.3 Å². The number of hydrogen-bond donors (Lipinski definition) is 2. The Bertz CT molecular complexity index is 1020. The van der Waals surface area contributed by atoms with Gasteiger partial charge in [0.1, 0.15) is 5.69 Å². The molecule has 0 aliphatic rings. The first kappa shape index (κ1) is 20.1. The highest BCUT2D eigenvalue weighted by atomic mass is 19.4. The van der Waals surface area contributed by atoms with Gasteiger partial charge in [-0.05, 0) is 18.2 Å². The molecule has 0 saturated heterocycles. The smallest absolute Gasteiger partial charge is 0.331 e. The summed E-state index contributed by atoms with van der Waals surface area (Å²) in [6.45, 7) is -0.426. The molecule has 3 aromatic rings. The summed E-state index contributed by atoms with van der Waals surface area (Å²) >= 11 is 0. The Morgan fingerprint density at radius 3 is 2.41 bits per heavy atom. The molecule has 150 valence electrons. The highest BCUT2D eigenvalue weighted by Gasteiger charge is 2.33. The van der Waals surface area contributed by atoms with Crippen LogP contribution in [0.4, 0.5) is 18.9 Å². The van der Waals surface area contributed by atoms with Gasteiger partial charge in [0, 0.05) is 12.6 Å². The first-order valence-corrected chi connectivity index (χ1v) is 8.58. The highest BCUT2D eigenvalue weighted by Crippen LogP contribution is 2.34. The summed E-state index contributed by atoms with van der Waals surface area (Å²) < 4.78 is 39.1. The Balaban J connectivity index is 1.66. The van der Waals surface area contributed by atoms with Crippen LogP contribution < -0.4 is 5.32 Å². The minimum absolute atomic E-state index is 0.162. The van der Waals surface area contributed by atoms with E-state index in [1.54, 1.807) is 6.07 Å². The van der Waals surface area contributed by atoms with Crippen LogP contribution in [-0.2, 0) is 11.0 Å². The number of nitrogens with one attached hydrogen (secondary N) is 2. The Morgan fingerprint density at radius 2 is 1.72 bits per heavy atom. The van der Waals surface area contributed by atoms with E-state index in [4.69, 9.17) is 0 Å². The van der Waals surface area contributed by atoms with E-state index in [0.29, 0.717) is 5.69 Å². The summed E-state index contributed by atoms with van der Waals surface area (Å²) in [7, 11) is 1.38. The summed E-state index contributed by atoms with van der Waals surface area (Å²) in [6, 6.07) is 15.4. The second kappa shape index (κ2) is 8.17. The average Bonchev–Trinajstić information content (AvgIpc) is 3.17. The third kappa shape index (κ3) is 4.81. The molecule has 0 saturated carbocycles. The predicted molar refractivity (Wildman–Crippen MR) is 101 cm³/mol. The molecule has 0 unspecified atom stereocenters. The van der Waals surface area contributed by atoms with Crippen molar-refractivity contribution in [3.05, 3.63) is 71.9 Å². The van der Waals surface area contributed by atoms with Crippen LogP contribution >= 0.6 is 0 Å². The Kier molecular flexibility index (Phi) is 5.67. The lowest BCUT2D eigenvalue weighted by molar-refractivity contribution is -0.137. The topological polar surface area (TPSA) is 78.1 Å². The van der Waals surface area contributed by atoms with Crippen molar-refractivity contribution in [1.82, 2.24) is 15.1 Å². The van der Waals surface area contributed by atoms with Gasteiger partial charge in [0.15, 0.2) is 0 Å². The van der Waals surface area contributed by atoms with Crippen molar-refractivity contribution >= 4 is 17.5 Å². The van der Waals surface area contributed by atoms with Crippen LogP contribution in [0.15, 0.2) is 60.7 Å². The van der Waals surface area contributed by atoms with Gasteiger partial charge in [0.05, 0.1) is 23.5 Å². The van der Waals surface area contributed by atoms with E-state index in [1.165, 1.54) is 19.2 Å². The van der Waals surface area contributed by atoms with Gasteiger partial charge >= 0.3 is 6.18 Å². The number of rotatable bonds is 5. The number of benzene rings is 2. The van der Waals surface area contributed by atoms with Gasteiger partial charge in [-0.3, -0.25) is 14.7 Å². The molecule has 1 heterocycles. The lowest BCUT2D eigenvalue weighted by Crippen LogP contribution is -2.35. The van der Waals surface area contributed by atoms with Crippen LogP contribution in [0.25, 0.3) is 11.3 Å². The van der Waals surface area contributed by atoms with Gasteiger partial charge in [0.25, 0.3) is 5.91 Å². The minimum atomic E-state index is -4.60. The quantitative estimate of drug-likeness (QED) is 0.681. The fourth-order valence-corrected chi connectivity index (χ4v) is 2.71. The van der Waals surface area contributed by atoms with Gasteiger partial charge in [-0.1, -0.05) is 42.5 Å². The number of hydrogen-bond acceptors (Lipinski definition) is 3. The zero-order valence-electron chi connectivity index (χ0n) is 15.3. The van der Waals surface area contributed by atoms with E-state index in [1.807, 2.05) is 30.3 Å². The maximum Gasteiger partial charge on any atom is 0.418 e. The highest BCUT2D eigenvalue weighted by molar-refractivity contribution is 5.99. The van der Waals surface area contributed by atoms with Crippen molar-refractivity contribution in [2.75, 3.05) is 18.9 Å². The van der Waals surface area contributed by atoms with Crippen molar-refractivity contribution in [2.45, 2.75) is 6.18 Å². The molecule has 6 nitrogen and oxygen atoms in total. The van der Waals surface area contributed by atoms with Crippen LogP contribution in [0.1, 0.15) is 16.1 Å². The molecule has 2 amide bonds. The van der Waals surface area contributed by atoms with Crippen molar-refractivity contribution in [1.29, 1.82) is 0 Å². The molecule has 29 heavy (non-hydrogen) atoms. The molecule has 0 atom stereocenters. The van der Waals surface area contributed by atoms with Gasteiger partial charge in [-0.15, -0.1) is 0 Å². The van der Waals surface area contributed by atoms with Crippen LogP contribution in [0.2, 0.25) is 0 Å². The Morgan fingerprint density at radius 1 is 1.07 bits per heavy atom. The van der Waals surface area contributed by atoms with E-state index in [-0.39, 0.29) is 11.4 Å². The number of aromatic amines is 1. The molecule has 0 aliphatic heterocycles. The molecule has 0 radical (unpaired) electrons.